The first-order chi connectivity index (χ1) is 10.2. The lowest BCUT2D eigenvalue weighted by Gasteiger charge is -2.27. The number of ether oxygens (including phenoxy) is 1. The smallest absolute Gasteiger partial charge is 0.254 e. The molecule has 2 rings (SSSR count). The molecule has 1 aromatic carbocycles. The zero-order valence-corrected chi connectivity index (χ0v) is 12.2. The van der Waals surface area contributed by atoms with Crippen molar-refractivity contribution in [3.63, 3.8) is 0 Å². The Hall–Kier alpha value is -1.92. The lowest BCUT2D eigenvalue weighted by Crippen LogP contribution is -2.50. The van der Waals surface area contributed by atoms with Crippen LogP contribution in [0.5, 0.6) is 0 Å². The normalized spacial score (nSPS) is 16.3. The van der Waals surface area contributed by atoms with Crippen molar-refractivity contribution < 1.29 is 14.3 Å². The molecule has 2 N–H and O–H groups in total. The number of methoxy groups -OCH3 is 1. The monoisotopic (exact) mass is 291 g/mol. The van der Waals surface area contributed by atoms with Crippen LogP contribution in [0.4, 0.5) is 0 Å². The molecule has 1 atom stereocenters. The number of piperazine rings is 1. The summed E-state index contributed by atoms with van der Waals surface area (Å²) in [6.07, 6.45) is -0.693. The molecule has 0 saturated carbocycles. The Kier molecular flexibility index (Phi) is 5.71. The second-order valence-corrected chi connectivity index (χ2v) is 4.88. The summed E-state index contributed by atoms with van der Waals surface area (Å²) < 4.78 is 5.23. The standard InChI is InChI=1S/C15H21N3O3/c1-21-14(12-5-3-2-4-6-12)15(20)17-11-13(19)18-9-7-16-8-10-18/h2-6,14,16H,7-11H2,1H3,(H,17,20). The first-order valence-electron chi connectivity index (χ1n) is 7.06. The summed E-state index contributed by atoms with van der Waals surface area (Å²) in [6.45, 7) is 2.96. The third-order valence-corrected chi connectivity index (χ3v) is 3.46. The van der Waals surface area contributed by atoms with E-state index in [4.69, 9.17) is 4.74 Å². The summed E-state index contributed by atoms with van der Waals surface area (Å²) >= 11 is 0. The van der Waals surface area contributed by atoms with Gasteiger partial charge in [-0.25, -0.2) is 0 Å². The van der Waals surface area contributed by atoms with Crippen molar-refractivity contribution in [2.24, 2.45) is 0 Å². The fourth-order valence-electron chi connectivity index (χ4n) is 2.30. The van der Waals surface area contributed by atoms with E-state index in [1.165, 1.54) is 7.11 Å². The van der Waals surface area contributed by atoms with Gasteiger partial charge in [-0.1, -0.05) is 30.3 Å². The van der Waals surface area contributed by atoms with Crippen molar-refractivity contribution in [3.8, 4) is 0 Å². The van der Waals surface area contributed by atoms with Crippen molar-refractivity contribution in [2.45, 2.75) is 6.10 Å². The molecule has 1 saturated heterocycles. The molecular formula is C15H21N3O3. The molecule has 0 aliphatic carbocycles. The van der Waals surface area contributed by atoms with Gasteiger partial charge in [-0.2, -0.15) is 0 Å². The van der Waals surface area contributed by atoms with Crippen LogP contribution >= 0.6 is 0 Å². The number of hydrogen-bond acceptors (Lipinski definition) is 4. The van der Waals surface area contributed by atoms with E-state index >= 15 is 0 Å². The number of nitrogens with one attached hydrogen (secondary N) is 2. The number of amides is 2. The highest BCUT2D eigenvalue weighted by atomic mass is 16.5. The van der Waals surface area contributed by atoms with Crippen LogP contribution in [0.2, 0.25) is 0 Å². The summed E-state index contributed by atoms with van der Waals surface area (Å²) in [5.41, 5.74) is 0.770. The Morgan fingerprint density at radius 3 is 2.57 bits per heavy atom. The van der Waals surface area contributed by atoms with E-state index < -0.39 is 6.10 Å². The van der Waals surface area contributed by atoms with E-state index in [1.807, 2.05) is 30.3 Å². The average Bonchev–Trinajstić information content (AvgIpc) is 2.55. The van der Waals surface area contributed by atoms with Gasteiger partial charge in [0.15, 0.2) is 6.10 Å². The minimum atomic E-state index is -0.693. The van der Waals surface area contributed by atoms with Crippen LogP contribution in [0.15, 0.2) is 30.3 Å². The lowest BCUT2D eigenvalue weighted by atomic mass is 10.1. The third kappa shape index (κ3) is 4.27. The summed E-state index contributed by atoms with van der Waals surface area (Å²) in [6, 6.07) is 9.22. The van der Waals surface area contributed by atoms with E-state index in [0.717, 1.165) is 18.7 Å². The molecule has 21 heavy (non-hydrogen) atoms. The molecule has 1 unspecified atom stereocenters. The number of carbonyl (C=O) groups is 2. The quantitative estimate of drug-likeness (QED) is 0.796. The van der Waals surface area contributed by atoms with Gasteiger partial charge in [0.05, 0.1) is 6.54 Å². The van der Waals surface area contributed by atoms with Crippen molar-refractivity contribution in [1.82, 2.24) is 15.5 Å². The number of rotatable bonds is 5. The van der Waals surface area contributed by atoms with E-state index in [2.05, 4.69) is 10.6 Å². The molecule has 1 aliphatic rings. The van der Waals surface area contributed by atoms with Crippen LogP contribution < -0.4 is 10.6 Å². The zero-order chi connectivity index (χ0) is 15.1. The van der Waals surface area contributed by atoms with E-state index in [0.29, 0.717) is 13.1 Å². The van der Waals surface area contributed by atoms with Gasteiger partial charge < -0.3 is 20.3 Å². The van der Waals surface area contributed by atoms with Gasteiger partial charge >= 0.3 is 0 Å². The molecule has 1 aliphatic heterocycles. The van der Waals surface area contributed by atoms with Gasteiger partial charge in [-0.05, 0) is 5.56 Å². The average molecular weight is 291 g/mol. The molecule has 1 heterocycles. The van der Waals surface area contributed by atoms with Crippen molar-refractivity contribution in [2.75, 3.05) is 39.8 Å². The second-order valence-electron chi connectivity index (χ2n) is 4.88. The molecule has 0 aromatic heterocycles. The van der Waals surface area contributed by atoms with Gasteiger partial charge in [0, 0.05) is 33.3 Å². The Morgan fingerprint density at radius 2 is 1.95 bits per heavy atom. The molecule has 6 heteroatoms. The summed E-state index contributed by atoms with van der Waals surface area (Å²) in [5, 5.41) is 5.84. The minimum Gasteiger partial charge on any atom is -0.367 e. The largest absolute Gasteiger partial charge is 0.367 e. The Bertz CT molecular complexity index is 472. The van der Waals surface area contributed by atoms with Crippen molar-refractivity contribution >= 4 is 11.8 Å². The Morgan fingerprint density at radius 1 is 1.29 bits per heavy atom. The number of nitrogens with zero attached hydrogens (tertiary/aromatic N) is 1. The number of benzene rings is 1. The van der Waals surface area contributed by atoms with Crippen molar-refractivity contribution in [1.29, 1.82) is 0 Å². The Balaban J connectivity index is 1.86. The highest BCUT2D eigenvalue weighted by Crippen LogP contribution is 2.15. The maximum Gasteiger partial charge on any atom is 0.254 e. The lowest BCUT2D eigenvalue weighted by molar-refractivity contribution is -0.137. The molecule has 6 nitrogen and oxygen atoms in total. The highest BCUT2D eigenvalue weighted by molar-refractivity contribution is 5.87. The van der Waals surface area contributed by atoms with Crippen LogP contribution in [0.3, 0.4) is 0 Å². The van der Waals surface area contributed by atoms with Crippen LogP contribution in [0.25, 0.3) is 0 Å². The first kappa shape index (κ1) is 15.5. The van der Waals surface area contributed by atoms with Gasteiger partial charge in [-0.15, -0.1) is 0 Å². The summed E-state index contributed by atoms with van der Waals surface area (Å²) in [4.78, 5) is 25.9. The van der Waals surface area contributed by atoms with Crippen LogP contribution in [-0.4, -0.2) is 56.5 Å². The van der Waals surface area contributed by atoms with Gasteiger partial charge in [-0.3, -0.25) is 9.59 Å². The highest BCUT2D eigenvalue weighted by Gasteiger charge is 2.22. The maximum absolute atomic E-state index is 12.1. The fraction of sp³-hybridized carbons (Fsp3) is 0.467. The molecular weight excluding hydrogens is 270 g/mol. The second kappa shape index (κ2) is 7.75. The molecule has 0 radical (unpaired) electrons. The number of hydrogen-bond donors (Lipinski definition) is 2. The predicted molar refractivity (Wildman–Crippen MR) is 78.7 cm³/mol. The fourth-order valence-corrected chi connectivity index (χ4v) is 2.30. The van der Waals surface area contributed by atoms with E-state index in [1.54, 1.807) is 4.90 Å². The first-order valence-corrected chi connectivity index (χ1v) is 7.06. The molecule has 1 aromatic rings. The molecule has 0 bridgehead atoms. The summed E-state index contributed by atoms with van der Waals surface area (Å²) in [5.74, 6) is -0.361. The van der Waals surface area contributed by atoms with Crippen molar-refractivity contribution in [3.05, 3.63) is 35.9 Å². The third-order valence-electron chi connectivity index (χ3n) is 3.46. The van der Waals surface area contributed by atoms with E-state index in [9.17, 15) is 9.59 Å². The van der Waals surface area contributed by atoms with Gasteiger partial charge in [0.25, 0.3) is 5.91 Å². The van der Waals surface area contributed by atoms with Gasteiger partial charge in [0.1, 0.15) is 0 Å². The maximum atomic E-state index is 12.1. The molecule has 0 spiro atoms. The molecule has 114 valence electrons. The van der Waals surface area contributed by atoms with E-state index in [-0.39, 0.29) is 18.4 Å². The van der Waals surface area contributed by atoms with Gasteiger partial charge in [0.2, 0.25) is 5.91 Å². The molecule has 1 fully saturated rings. The summed E-state index contributed by atoms with van der Waals surface area (Å²) in [7, 11) is 1.48. The molecule has 2 amide bonds. The zero-order valence-electron chi connectivity index (χ0n) is 12.2. The van der Waals surface area contributed by atoms with Crippen LogP contribution in [0.1, 0.15) is 11.7 Å². The van der Waals surface area contributed by atoms with Crippen LogP contribution in [-0.2, 0) is 14.3 Å². The number of carbonyl (C=O) groups excluding carboxylic acids is 2. The Labute approximate surface area is 124 Å². The van der Waals surface area contributed by atoms with Crippen LogP contribution in [0, 0.1) is 0 Å². The minimum absolute atomic E-state index is 0.00548. The predicted octanol–water partition coefficient (Wildman–Crippen LogP) is -0.0779. The topological polar surface area (TPSA) is 70.7 Å². The SMILES string of the molecule is COC(C(=O)NCC(=O)N1CCNCC1)c1ccccc1.